The lowest BCUT2D eigenvalue weighted by molar-refractivity contribution is 0.0109. The highest BCUT2D eigenvalue weighted by Crippen LogP contribution is 2.17. The molecule has 0 saturated heterocycles. The van der Waals surface area contributed by atoms with Crippen LogP contribution in [0, 0.1) is 0 Å². The Bertz CT molecular complexity index is 450. The van der Waals surface area contributed by atoms with Crippen LogP contribution in [0.4, 0.5) is 0 Å². The summed E-state index contributed by atoms with van der Waals surface area (Å²) in [5.41, 5.74) is 0. The summed E-state index contributed by atoms with van der Waals surface area (Å²) in [6, 6.07) is 6.57. The maximum atomic E-state index is 9.86. The van der Waals surface area contributed by atoms with Gasteiger partial charge < -0.3 is 19.7 Å². The zero-order valence-corrected chi connectivity index (χ0v) is 17.2. The van der Waals surface area contributed by atoms with Crippen molar-refractivity contribution in [2.75, 3.05) is 19.8 Å². The lowest BCUT2D eigenvalue weighted by Gasteiger charge is -2.13. The van der Waals surface area contributed by atoms with Crippen LogP contribution >= 0.6 is 0 Å². The molecular formula is C23H40O4. The van der Waals surface area contributed by atoms with Crippen molar-refractivity contribution in [2.24, 2.45) is 0 Å². The van der Waals surface area contributed by atoms with Gasteiger partial charge in [-0.15, -0.1) is 0 Å². The van der Waals surface area contributed by atoms with Gasteiger partial charge in [0.1, 0.15) is 24.2 Å². The molecule has 1 aromatic rings. The number of phenols is 1. The Hall–Kier alpha value is -1.26. The molecule has 0 aromatic heterocycles. The molecule has 1 aromatic carbocycles. The molecule has 1 unspecified atom stereocenters. The van der Waals surface area contributed by atoms with Crippen molar-refractivity contribution in [1.29, 1.82) is 0 Å². The lowest BCUT2D eigenvalue weighted by atomic mass is 10.1. The molecule has 0 aliphatic rings. The first-order chi connectivity index (χ1) is 13.2. The van der Waals surface area contributed by atoms with Crippen LogP contribution in [0.1, 0.15) is 84.0 Å². The third-order valence-corrected chi connectivity index (χ3v) is 4.71. The van der Waals surface area contributed by atoms with Gasteiger partial charge >= 0.3 is 0 Å². The molecular weight excluding hydrogens is 340 g/mol. The van der Waals surface area contributed by atoms with Crippen LogP contribution < -0.4 is 4.74 Å². The number of ether oxygens (including phenoxy) is 2. The fraction of sp³-hybridized carbons (Fsp3) is 0.739. The topological polar surface area (TPSA) is 58.9 Å². The van der Waals surface area contributed by atoms with Crippen LogP contribution in [0.2, 0.25) is 0 Å². The first-order valence-corrected chi connectivity index (χ1v) is 10.9. The van der Waals surface area contributed by atoms with E-state index in [1.165, 1.54) is 76.7 Å². The summed E-state index contributed by atoms with van der Waals surface area (Å²) < 4.78 is 10.9. The summed E-state index contributed by atoms with van der Waals surface area (Å²) in [6.07, 6.45) is 15.3. The average Bonchev–Trinajstić information content (AvgIpc) is 2.66. The van der Waals surface area contributed by atoms with Gasteiger partial charge in [0, 0.05) is 12.7 Å². The molecule has 0 spiro atoms. The van der Waals surface area contributed by atoms with Crippen molar-refractivity contribution in [3.05, 3.63) is 24.3 Å². The lowest BCUT2D eigenvalue weighted by Crippen LogP contribution is -2.23. The number of hydrogen-bond donors (Lipinski definition) is 2. The zero-order chi connectivity index (χ0) is 19.6. The second-order valence-corrected chi connectivity index (χ2v) is 7.43. The molecule has 0 saturated carbocycles. The minimum atomic E-state index is -0.648. The molecule has 2 N–H and O–H groups in total. The fourth-order valence-corrected chi connectivity index (χ4v) is 3.08. The fourth-order valence-electron chi connectivity index (χ4n) is 3.08. The van der Waals surface area contributed by atoms with Gasteiger partial charge in [-0.1, -0.05) is 83.6 Å². The molecule has 27 heavy (non-hydrogen) atoms. The SMILES string of the molecule is CCCCCCCCCCCCCCOCC(O)COc1cccc(O)c1. The van der Waals surface area contributed by atoms with E-state index in [4.69, 9.17) is 9.47 Å². The maximum absolute atomic E-state index is 9.86. The smallest absolute Gasteiger partial charge is 0.123 e. The van der Waals surface area contributed by atoms with Gasteiger partial charge in [0.2, 0.25) is 0 Å². The molecule has 4 heteroatoms. The van der Waals surface area contributed by atoms with E-state index in [9.17, 15) is 10.2 Å². The van der Waals surface area contributed by atoms with Crippen LogP contribution in [-0.4, -0.2) is 36.1 Å². The Labute approximate surface area is 165 Å². The van der Waals surface area contributed by atoms with Crippen LogP contribution in [0.5, 0.6) is 11.5 Å². The minimum Gasteiger partial charge on any atom is -0.508 e. The van der Waals surface area contributed by atoms with Gasteiger partial charge in [0.25, 0.3) is 0 Å². The molecule has 0 radical (unpaired) electrons. The maximum Gasteiger partial charge on any atom is 0.123 e. The standard InChI is InChI=1S/C23H40O4/c1-2-3-4-5-6-7-8-9-10-11-12-13-17-26-19-22(25)20-27-23-16-14-15-21(24)18-23/h14-16,18,22,24-25H,2-13,17,19-20H2,1H3. The molecule has 156 valence electrons. The Balaban J connectivity index is 1.82. The van der Waals surface area contributed by atoms with E-state index >= 15 is 0 Å². The van der Waals surface area contributed by atoms with Crippen LogP contribution in [0.15, 0.2) is 24.3 Å². The highest BCUT2D eigenvalue weighted by Gasteiger charge is 2.06. The van der Waals surface area contributed by atoms with Crippen molar-refractivity contribution in [3.8, 4) is 11.5 Å². The molecule has 0 bridgehead atoms. The van der Waals surface area contributed by atoms with Gasteiger partial charge in [0.05, 0.1) is 6.61 Å². The minimum absolute atomic E-state index is 0.158. The second-order valence-electron chi connectivity index (χ2n) is 7.43. The Morgan fingerprint density at radius 3 is 2.00 bits per heavy atom. The molecule has 0 fully saturated rings. The average molecular weight is 381 g/mol. The van der Waals surface area contributed by atoms with Crippen LogP contribution in [-0.2, 0) is 4.74 Å². The van der Waals surface area contributed by atoms with E-state index in [0.717, 1.165) is 6.42 Å². The Kier molecular flexibility index (Phi) is 14.9. The van der Waals surface area contributed by atoms with Crippen molar-refractivity contribution in [1.82, 2.24) is 0 Å². The first kappa shape index (κ1) is 23.8. The predicted molar refractivity (Wildman–Crippen MR) is 112 cm³/mol. The summed E-state index contributed by atoms with van der Waals surface area (Å²) in [6.45, 7) is 3.42. The summed E-state index contributed by atoms with van der Waals surface area (Å²) in [4.78, 5) is 0. The van der Waals surface area contributed by atoms with Gasteiger partial charge in [-0.3, -0.25) is 0 Å². The predicted octanol–water partition coefficient (Wildman–Crippen LogP) is 5.85. The van der Waals surface area contributed by atoms with Gasteiger partial charge in [-0.25, -0.2) is 0 Å². The number of hydrogen-bond acceptors (Lipinski definition) is 4. The summed E-state index contributed by atoms with van der Waals surface area (Å²) in [5, 5.41) is 19.2. The number of aromatic hydroxyl groups is 1. The van der Waals surface area contributed by atoms with Gasteiger partial charge in [0.15, 0.2) is 0 Å². The van der Waals surface area contributed by atoms with Crippen molar-refractivity contribution in [3.63, 3.8) is 0 Å². The van der Waals surface area contributed by atoms with Crippen LogP contribution in [0.25, 0.3) is 0 Å². The molecule has 4 nitrogen and oxygen atoms in total. The summed E-state index contributed by atoms with van der Waals surface area (Å²) in [5.74, 6) is 0.709. The van der Waals surface area contributed by atoms with Gasteiger partial charge in [-0.05, 0) is 18.6 Å². The van der Waals surface area contributed by atoms with E-state index < -0.39 is 6.10 Å². The quantitative estimate of drug-likeness (QED) is 0.314. The second kappa shape index (κ2) is 16.9. The Morgan fingerprint density at radius 2 is 1.41 bits per heavy atom. The van der Waals surface area contributed by atoms with Gasteiger partial charge in [-0.2, -0.15) is 0 Å². The third kappa shape index (κ3) is 14.5. The monoisotopic (exact) mass is 380 g/mol. The summed E-state index contributed by atoms with van der Waals surface area (Å²) >= 11 is 0. The largest absolute Gasteiger partial charge is 0.508 e. The molecule has 0 heterocycles. The number of rotatable bonds is 18. The third-order valence-electron chi connectivity index (χ3n) is 4.71. The number of aliphatic hydroxyl groups excluding tert-OH is 1. The first-order valence-electron chi connectivity index (χ1n) is 10.9. The molecule has 0 aliphatic heterocycles. The van der Waals surface area contributed by atoms with Crippen molar-refractivity contribution < 1.29 is 19.7 Å². The highest BCUT2D eigenvalue weighted by molar-refractivity contribution is 5.31. The van der Waals surface area contributed by atoms with E-state index in [-0.39, 0.29) is 19.0 Å². The molecule has 1 rings (SSSR count). The van der Waals surface area contributed by atoms with E-state index in [1.807, 2.05) is 0 Å². The van der Waals surface area contributed by atoms with Crippen molar-refractivity contribution >= 4 is 0 Å². The van der Waals surface area contributed by atoms with Crippen molar-refractivity contribution in [2.45, 2.75) is 90.1 Å². The number of unbranched alkanes of at least 4 members (excludes halogenated alkanes) is 11. The van der Waals surface area contributed by atoms with Crippen LogP contribution in [0.3, 0.4) is 0 Å². The number of benzene rings is 1. The Morgan fingerprint density at radius 1 is 0.815 bits per heavy atom. The van der Waals surface area contributed by atoms with E-state index in [1.54, 1.807) is 18.2 Å². The van der Waals surface area contributed by atoms with E-state index in [2.05, 4.69) is 6.92 Å². The molecule has 0 aliphatic carbocycles. The number of phenolic OH excluding ortho intramolecular Hbond substituents is 1. The molecule has 0 amide bonds. The number of aliphatic hydroxyl groups is 1. The van der Waals surface area contributed by atoms with E-state index in [0.29, 0.717) is 12.4 Å². The summed E-state index contributed by atoms with van der Waals surface area (Å²) in [7, 11) is 0. The molecule has 1 atom stereocenters. The zero-order valence-electron chi connectivity index (χ0n) is 17.2. The normalized spacial score (nSPS) is 12.2. The highest BCUT2D eigenvalue weighted by atomic mass is 16.5.